The molecule has 1 N–H and O–H groups in total. The standard InChI is InChI=1S/C23H25N5/c1-4-19(5-2)26-20-15-18(11-13-24-20)23-22(17-9-6-8-16(3)14-17)27-21-10-7-12-25-28(21)23/h6-15,19H,4-5H2,1-3H3,(H,24,26). The molecule has 0 atom stereocenters. The number of aryl methyl sites for hydroxylation is 1. The van der Waals surface area contributed by atoms with Crippen molar-refractivity contribution in [3.05, 3.63) is 66.5 Å². The minimum absolute atomic E-state index is 0.416. The van der Waals surface area contributed by atoms with Crippen LogP contribution in [0.5, 0.6) is 0 Å². The van der Waals surface area contributed by atoms with Crippen molar-refractivity contribution in [3.8, 4) is 22.5 Å². The molecule has 5 nitrogen and oxygen atoms in total. The topological polar surface area (TPSA) is 55.1 Å². The van der Waals surface area contributed by atoms with Crippen molar-refractivity contribution in [2.75, 3.05) is 5.32 Å². The molecule has 4 rings (SSSR count). The third kappa shape index (κ3) is 3.48. The second kappa shape index (κ2) is 7.80. The number of hydrogen-bond donors (Lipinski definition) is 1. The summed E-state index contributed by atoms with van der Waals surface area (Å²) in [5.41, 5.74) is 6.09. The molecule has 0 aliphatic rings. The van der Waals surface area contributed by atoms with E-state index in [9.17, 15) is 0 Å². The molecule has 5 heteroatoms. The van der Waals surface area contributed by atoms with Gasteiger partial charge in [-0.15, -0.1) is 0 Å². The van der Waals surface area contributed by atoms with E-state index in [1.165, 1.54) is 5.56 Å². The lowest BCUT2D eigenvalue weighted by Crippen LogP contribution is -2.17. The molecule has 0 saturated carbocycles. The van der Waals surface area contributed by atoms with E-state index < -0.39 is 0 Å². The Morgan fingerprint density at radius 3 is 2.61 bits per heavy atom. The van der Waals surface area contributed by atoms with E-state index in [-0.39, 0.29) is 0 Å². The third-order valence-electron chi connectivity index (χ3n) is 5.06. The molecule has 0 saturated heterocycles. The lowest BCUT2D eigenvalue weighted by Gasteiger charge is -2.16. The largest absolute Gasteiger partial charge is 0.367 e. The summed E-state index contributed by atoms with van der Waals surface area (Å²) in [6.45, 7) is 6.48. The zero-order valence-corrected chi connectivity index (χ0v) is 16.6. The second-order valence-corrected chi connectivity index (χ2v) is 7.06. The van der Waals surface area contributed by atoms with Crippen LogP contribution in [-0.2, 0) is 0 Å². The Hall–Kier alpha value is -3.21. The molecular formula is C23H25N5. The Morgan fingerprint density at radius 1 is 0.964 bits per heavy atom. The van der Waals surface area contributed by atoms with Crippen molar-refractivity contribution in [2.24, 2.45) is 0 Å². The Kier molecular flexibility index (Phi) is 5.06. The maximum Gasteiger partial charge on any atom is 0.154 e. The van der Waals surface area contributed by atoms with Gasteiger partial charge in [0.2, 0.25) is 0 Å². The van der Waals surface area contributed by atoms with Gasteiger partial charge < -0.3 is 5.32 Å². The Balaban J connectivity index is 1.87. The monoisotopic (exact) mass is 371 g/mol. The number of benzene rings is 1. The summed E-state index contributed by atoms with van der Waals surface area (Å²) < 4.78 is 1.91. The first-order valence-corrected chi connectivity index (χ1v) is 9.83. The van der Waals surface area contributed by atoms with Crippen LogP contribution in [0.25, 0.3) is 28.2 Å². The number of fused-ring (bicyclic) bond motifs is 1. The number of anilines is 1. The number of imidazole rings is 1. The molecule has 0 aliphatic heterocycles. The van der Waals surface area contributed by atoms with Gasteiger partial charge in [-0.1, -0.05) is 37.6 Å². The van der Waals surface area contributed by atoms with E-state index >= 15 is 0 Å². The van der Waals surface area contributed by atoms with Gasteiger partial charge in [0.1, 0.15) is 11.5 Å². The molecule has 4 aromatic rings. The number of pyridine rings is 1. The van der Waals surface area contributed by atoms with Crippen LogP contribution < -0.4 is 5.32 Å². The minimum atomic E-state index is 0.416. The summed E-state index contributed by atoms with van der Waals surface area (Å²) in [7, 11) is 0. The van der Waals surface area contributed by atoms with Crippen LogP contribution in [0.4, 0.5) is 5.82 Å². The van der Waals surface area contributed by atoms with Crippen LogP contribution in [0.15, 0.2) is 60.9 Å². The number of rotatable bonds is 6. The zero-order chi connectivity index (χ0) is 19.5. The maximum absolute atomic E-state index is 4.88. The molecule has 1 aromatic carbocycles. The normalized spacial score (nSPS) is 11.3. The van der Waals surface area contributed by atoms with Gasteiger partial charge in [0.05, 0.1) is 5.69 Å². The summed E-state index contributed by atoms with van der Waals surface area (Å²) >= 11 is 0. The third-order valence-corrected chi connectivity index (χ3v) is 5.06. The predicted octanol–water partition coefficient (Wildman–Crippen LogP) is 5.37. The molecule has 3 heterocycles. The van der Waals surface area contributed by atoms with E-state index in [2.05, 4.69) is 66.5 Å². The van der Waals surface area contributed by atoms with Crippen molar-refractivity contribution < 1.29 is 0 Å². The van der Waals surface area contributed by atoms with Gasteiger partial charge in [0, 0.05) is 29.6 Å². The van der Waals surface area contributed by atoms with Gasteiger partial charge in [-0.25, -0.2) is 14.5 Å². The average molecular weight is 371 g/mol. The number of hydrogen-bond acceptors (Lipinski definition) is 4. The predicted molar refractivity (Wildman–Crippen MR) is 114 cm³/mol. The highest BCUT2D eigenvalue weighted by Gasteiger charge is 2.17. The smallest absolute Gasteiger partial charge is 0.154 e. The highest BCUT2D eigenvalue weighted by Crippen LogP contribution is 2.33. The molecule has 0 unspecified atom stereocenters. The fourth-order valence-electron chi connectivity index (χ4n) is 3.50. The van der Waals surface area contributed by atoms with E-state index in [1.807, 2.05) is 28.9 Å². The summed E-state index contributed by atoms with van der Waals surface area (Å²) in [5, 5.41) is 8.10. The molecule has 0 fully saturated rings. The van der Waals surface area contributed by atoms with E-state index in [0.29, 0.717) is 6.04 Å². The fourth-order valence-corrected chi connectivity index (χ4v) is 3.50. The van der Waals surface area contributed by atoms with Crippen LogP contribution in [0.3, 0.4) is 0 Å². The van der Waals surface area contributed by atoms with Crippen molar-refractivity contribution >= 4 is 11.5 Å². The van der Waals surface area contributed by atoms with Crippen molar-refractivity contribution in [3.63, 3.8) is 0 Å². The van der Waals surface area contributed by atoms with Gasteiger partial charge in [-0.3, -0.25) is 0 Å². The van der Waals surface area contributed by atoms with Crippen LogP contribution in [0.2, 0.25) is 0 Å². The molecule has 3 aromatic heterocycles. The van der Waals surface area contributed by atoms with Gasteiger partial charge in [-0.05, 0) is 50.1 Å². The Labute approximate surface area is 165 Å². The van der Waals surface area contributed by atoms with E-state index in [1.54, 1.807) is 6.20 Å². The molecule has 0 bridgehead atoms. The Morgan fingerprint density at radius 2 is 1.82 bits per heavy atom. The molecule has 0 aliphatic carbocycles. The van der Waals surface area contributed by atoms with Crippen LogP contribution in [-0.4, -0.2) is 25.6 Å². The first-order chi connectivity index (χ1) is 13.7. The summed E-state index contributed by atoms with van der Waals surface area (Å²) in [6, 6.07) is 16.9. The zero-order valence-electron chi connectivity index (χ0n) is 16.6. The van der Waals surface area contributed by atoms with Crippen LogP contribution >= 0.6 is 0 Å². The molecule has 0 amide bonds. The highest BCUT2D eigenvalue weighted by molar-refractivity contribution is 5.82. The minimum Gasteiger partial charge on any atom is -0.367 e. The average Bonchev–Trinajstić information content (AvgIpc) is 3.12. The number of aromatic nitrogens is 4. The molecule has 0 radical (unpaired) electrons. The molecule has 28 heavy (non-hydrogen) atoms. The summed E-state index contributed by atoms with van der Waals surface area (Å²) in [4.78, 5) is 9.40. The lowest BCUT2D eigenvalue weighted by molar-refractivity contribution is 0.668. The van der Waals surface area contributed by atoms with Gasteiger partial charge in [0.15, 0.2) is 5.65 Å². The fraction of sp³-hybridized carbons (Fsp3) is 0.261. The van der Waals surface area contributed by atoms with Gasteiger partial charge in [0.25, 0.3) is 0 Å². The molecule has 0 spiro atoms. The van der Waals surface area contributed by atoms with Crippen molar-refractivity contribution in [1.82, 2.24) is 19.6 Å². The van der Waals surface area contributed by atoms with E-state index in [0.717, 1.165) is 46.8 Å². The van der Waals surface area contributed by atoms with Crippen LogP contribution in [0, 0.1) is 6.92 Å². The van der Waals surface area contributed by atoms with E-state index in [4.69, 9.17) is 4.98 Å². The lowest BCUT2D eigenvalue weighted by atomic mass is 10.0. The Bertz CT molecular complexity index is 1100. The van der Waals surface area contributed by atoms with Crippen LogP contribution in [0.1, 0.15) is 32.3 Å². The summed E-state index contributed by atoms with van der Waals surface area (Å²) in [6.07, 6.45) is 5.77. The maximum atomic E-state index is 4.88. The molecular weight excluding hydrogens is 346 g/mol. The first kappa shape index (κ1) is 18.2. The quantitative estimate of drug-likeness (QED) is 0.495. The molecule has 142 valence electrons. The SMILES string of the molecule is CCC(CC)Nc1cc(-c2c(-c3cccc(C)c3)nc3cccnn23)ccn1. The van der Waals surface area contributed by atoms with Crippen molar-refractivity contribution in [2.45, 2.75) is 39.7 Å². The number of nitrogens with one attached hydrogen (secondary N) is 1. The van der Waals surface area contributed by atoms with Gasteiger partial charge in [-0.2, -0.15) is 5.10 Å². The highest BCUT2D eigenvalue weighted by atomic mass is 15.3. The van der Waals surface area contributed by atoms with Gasteiger partial charge >= 0.3 is 0 Å². The first-order valence-electron chi connectivity index (χ1n) is 9.83. The van der Waals surface area contributed by atoms with Crippen molar-refractivity contribution in [1.29, 1.82) is 0 Å². The summed E-state index contributed by atoms with van der Waals surface area (Å²) in [5.74, 6) is 0.882. The second-order valence-electron chi connectivity index (χ2n) is 7.06. The number of nitrogens with zero attached hydrogens (tertiary/aromatic N) is 4.